The van der Waals surface area contributed by atoms with Gasteiger partial charge in [-0.3, -0.25) is 14.5 Å². The first-order valence-corrected chi connectivity index (χ1v) is 12.8. The first-order valence-electron chi connectivity index (χ1n) is 12.8. The molecule has 0 spiro atoms. The van der Waals surface area contributed by atoms with Gasteiger partial charge in [0, 0.05) is 24.6 Å². The van der Waals surface area contributed by atoms with E-state index in [0.29, 0.717) is 13.2 Å². The van der Waals surface area contributed by atoms with Crippen molar-refractivity contribution in [1.82, 2.24) is 15.5 Å². The molecule has 4 bridgehead atoms. The molecule has 0 radical (unpaired) electrons. The second-order valence-electron chi connectivity index (χ2n) is 11.2. The molecular weight excluding hydrogens is 390 g/mol. The van der Waals surface area contributed by atoms with E-state index >= 15 is 0 Å². The summed E-state index contributed by atoms with van der Waals surface area (Å²) in [6.07, 6.45) is 10.5. The highest BCUT2D eigenvalue weighted by atomic mass is 16.5. The number of hydrogen-bond acceptors (Lipinski definition) is 4. The summed E-state index contributed by atoms with van der Waals surface area (Å²) in [5.41, 5.74) is 0.0809. The average molecular weight is 434 g/mol. The van der Waals surface area contributed by atoms with Gasteiger partial charge in [0.05, 0.1) is 12.1 Å². The first-order chi connectivity index (χ1) is 14.8. The zero-order chi connectivity index (χ0) is 22.0. The van der Waals surface area contributed by atoms with E-state index in [0.717, 1.165) is 50.1 Å². The SMILES string of the molecule is CC(C)OCCCNC(=O)C1CCN(C(C)C(=O)NC23CC4CC(CC(C4)C2)C3)CC1. The van der Waals surface area contributed by atoms with Gasteiger partial charge >= 0.3 is 0 Å². The van der Waals surface area contributed by atoms with Crippen LogP contribution >= 0.6 is 0 Å². The van der Waals surface area contributed by atoms with Gasteiger partial charge in [0.2, 0.25) is 11.8 Å². The molecule has 1 atom stereocenters. The van der Waals surface area contributed by atoms with Crippen LogP contribution in [-0.2, 0) is 14.3 Å². The summed E-state index contributed by atoms with van der Waals surface area (Å²) in [5.74, 6) is 2.96. The highest BCUT2D eigenvalue weighted by Gasteiger charge is 2.51. The second kappa shape index (κ2) is 9.78. The highest BCUT2D eigenvalue weighted by molar-refractivity contribution is 5.82. The fraction of sp³-hybridized carbons (Fsp3) is 0.920. The number of rotatable bonds is 9. The van der Waals surface area contributed by atoms with E-state index in [9.17, 15) is 9.59 Å². The maximum Gasteiger partial charge on any atom is 0.237 e. The van der Waals surface area contributed by atoms with Crippen LogP contribution in [0.15, 0.2) is 0 Å². The molecule has 5 fully saturated rings. The molecule has 5 rings (SSSR count). The van der Waals surface area contributed by atoms with Gasteiger partial charge in [0.1, 0.15) is 0 Å². The molecule has 31 heavy (non-hydrogen) atoms. The van der Waals surface area contributed by atoms with E-state index in [1.54, 1.807) is 0 Å². The van der Waals surface area contributed by atoms with Crippen molar-refractivity contribution in [3.05, 3.63) is 0 Å². The molecule has 0 aromatic heterocycles. The van der Waals surface area contributed by atoms with E-state index in [2.05, 4.69) is 15.5 Å². The van der Waals surface area contributed by atoms with Crippen LogP contribution in [0.3, 0.4) is 0 Å². The number of ether oxygens (including phenoxy) is 1. The van der Waals surface area contributed by atoms with Gasteiger partial charge in [-0.15, -0.1) is 0 Å². The molecule has 176 valence electrons. The predicted octanol–water partition coefficient (Wildman–Crippen LogP) is 3.10. The number of carbonyl (C=O) groups excluding carboxylic acids is 2. The van der Waals surface area contributed by atoms with Crippen molar-refractivity contribution < 1.29 is 14.3 Å². The third kappa shape index (κ3) is 5.62. The number of likely N-dealkylation sites (tertiary alicyclic amines) is 1. The molecule has 6 nitrogen and oxygen atoms in total. The zero-order valence-electron chi connectivity index (χ0n) is 19.8. The van der Waals surface area contributed by atoms with Crippen molar-refractivity contribution in [3.63, 3.8) is 0 Å². The molecule has 6 heteroatoms. The van der Waals surface area contributed by atoms with Crippen molar-refractivity contribution in [2.45, 2.75) is 96.2 Å². The molecule has 2 amide bonds. The van der Waals surface area contributed by atoms with Crippen molar-refractivity contribution in [2.75, 3.05) is 26.2 Å². The topological polar surface area (TPSA) is 70.7 Å². The third-order valence-electron chi connectivity index (χ3n) is 8.33. The minimum absolute atomic E-state index is 0.0701. The van der Waals surface area contributed by atoms with Crippen LogP contribution < -0.4 is 10.6 Å². The Morgan fingerprint density at radius 1 is 1.00 bits per heavy atom. The summed E-state index contributed by atoms with van der Waals surface area (Å²) in [4.78, 5) is 27.9. The number of amides is 2. The van der Waals surface area contributed by atoms with Crippen LogP contribution in [0.5, 0.6) is 0 Å². The van der Waals surface area contributed by atoms with Crippen molar-refractivity contribution >= 4 is 11.8 Å². The fourth-order valence-electron chi connectivity index (χ4n) is 7.09. The largest absolute Gasteiger partial charge is 0.379 e. The molecule has 4 saturated carbocycles. The van der Waals surface area contributed by atoms with Crippen molar-refractivity contribution in [2.24, 2.45) is 23.7 Å². The summed E-state index contributed by atoms with van der Waals surface area (Å²) in [6, 6.07) is -0.106. The fourth-order valence-corrected chi connectivity index (χ4v) is 7.09. The molecule has 1 heterocycles. The Morgan fingerprint density at radius 3 is 2.13 bits per heavy atom. The molecule has 0 aromatic carbocycles. The highest BCUT2D eigenvalue weighted by Crippen LogP contribution is 2.55. The molecule has 1 saturated heterocycles. The lowest BCUT2D eigenvalue weighted by atomic mass is 9.53. The summed E-state index contributed by atoms with van der Waals surface area (Å²) < 4.78 is 5.52. The molecular formula is C25H43N3O3. The van der Waals surface area contributed by atoms with Gasteiger partial charge in [-0.25, -0.2) is 0 Å². The van der Waals surface area contributed by atoms with Gasteiger partial charge in [-0.2, -0.15) is 0 Å². The smallest absolute Gasteiger partial charge is 0.237 e. The predicted molar refractivity (Wildman–Crippen MR) is 122 cm³/mol. The minimum Gasteiger partial charge on any atom is -0.379 e. The maximum atomic E-state index is 13.1. The molecule has 1 aliphatic heterocycles. The van der Waals surface area contributed by atoms with E-state index in [4.69, 9.17) is 4.74 Å². The number of carbonyl (C=O) groups is 2. The third-order valence-corrected chi connectivity index (χ3v) is 8.33. The summed E-state index contributed by atoms with van der Waals surface area (Å²) in [5, 5.41) is 6.59. The Balaban J connectivity index is 1.18. The lowest BCUT2D eigenvalue weighted by molar-refractivity contribution is -0.132. The normalized spacial score (nSPS) is 34.1. The van der Waals surface area contributed by atoms with Gasteiger partial charge in [0.15, 0.2) is 0 Å². The van der Waals surface area contributed by atoms with Crippen LogP contribution in [0.25, 0.3) is 0 Å². The minimum atomic E-state index is -0.106. The maximum absolute atomic E-state index is 13.1. The molecule has 0 aromatic rings. The second-order valence-corrected chi connectivity index (χ2v) is 11.2. The Kier molecular flexibility index (Phi) is 7.27. The first kappa shape index (κ1) is 23.0. The lowest BCUT2D eigenvalue weighted by Gasteiger charge is -2.57. The van der Waals surface area contributed by atoms with Crippen LogP contribution in [-0.4, -0.2) is 60.6 Å². The van der Waals surface area contributed by atoms with E-state index in [1.807, 2.05) is 20.8 Å². The quantitative estimate of drug-likeness (QED) is 0.548. The number of nitrogens with zero attached hydrogens (tertiary/aromatic N) is 1. The molecule has 4 aliphatic carbocycles. The van der Waals surface area contributed by atoms with Gasteiger partial charge < -0.3 is 15.4 Å². The van der Waals surface area contributed by atoms with Gasteiger partial charge in [0.25, 0.3) is 0 Å². The van der Waals surface area contributed by atoms with Crippen LogP contribution in [0.1, 0.15) is 78.6 Å². The summed E-state index contributed by atoms with van der Waals surface area (Å²) in [6.45, 7) is 9.11. The van der Waals surface area contributed by atoms with Crippen molar-refractivity contribution in [3.8, 4) is 0 Å². The zero-order valence-corrected chi connectivity index (χ0v) is 19.8. The Morgan fingerprint density at radius 2 is 1.58 bits per heavy atom. The van der Waals surface area contributed by atoms with E-state index in [-0.39, 0.29) is 35.4 Å². The average Bonchev–Trinajstić information content (AvgIpc) is 2.71. The van der Waals surface area contributed by atoms with Gasteiger partial charge in [-0.1, -0.05) is 0 Å². The van der Waals surface area contributed by atoms with Crippen LogP contribution in [0, 0.1) is 23.7 Å². The Hall–Kier alpha value is -1.14. The number of piperidine rings is 1. The Bertz CT molecular complexity index is 607. The summed E-state index contributed by atoms with van der Waals surface area (Å²) >= 11 is 0. The lowest BCUT2D eigenvalue weighted by Crippen LogP contribution is -2.62. The monoisotopic (exact) mass is 433 g/mol. The molecule has 1 unspecified atom stereocenters. The molecule has 2 N–H and O–H groups in total. The van der Waals surface area contributed by atoms with E-state index < -0.39 is 0 Å². The Labute approximate surface area is 188 Å². The van der Waals surface area contributed by atoms with Crippen molar-refractivity contribution in [1.29, 1.82) is 0 Å². The standard InChI is InChI=1S/C25H43N3O3/c1-17(2)31-10-4-7-26-24(30)22-5-8-28(9-6-22)18(3)23(29)27-25-14-19-11-20(15-25)13-21(12-19)16-25/h17-22H,4-16H2,1-3H3,(H,26,30)(H,27,29). The molecule has 5 aliphatic rings. The van der Waals surface area contributed by atoms with Crippen LogP contribution in [0.2, 0.25) is 0 Å². The van der Waals surface area contributed by atoms with E-state index in [1.165, 1.54) is 38.5 Å². The number of nitrogens with one attached hydrogen (secondary N) is 2. The van der Waals surface area contributed by atoms with Gasteiger partial charge in [-0.05, 0) is 109 Å². The number of hydrogen-bond donors (Lipinski definition) is 2. The summed E-state index contributed by atoms with van der Waals surface area (Å²) in [7, 11) is 0. The van der Waals surface area contributed by atoms with Crippen LogP contribution in [0.4, 0.5) is 0 Å².